The Labute approximate surface area is 173 Å². The molecule has 3 amide bonds. The number of ether oxygens (including phenoxy) is 1. The molecule has 8 nitrogen and oxygen atoms in total. The fourth-order valence-corrected chi connectivity index (χ4v) is 4.24. The zero-order valence-corrected chi connectivity index (χ0v) is 16.9. The number of carbonyl (C=O) groups excluding carboxylic acids is 3. The highest BCUT2D eigenvalue weighted by molar-refractivity contribution is 6.07. The van der Waals surface area contributed by atoms with Crippen molar-refractivity contribution >= 4 is 28.9 Å². The Balaban J connectivity index is 1.38. The molecule has 1 aliphatic carbocycles. The topological polar surface area (TPSA) is 106 Å². The van der Waals surface area contributed by atoms with Crippen LogP contribution in [0.1, 0.15) is 50.2 Å². The third-order valence-electron chi connectivity index (χ3n) is 5.93. The lowest BCUT2D eigenvalue weighted by atomic mass is 9.98. The number of benzene rings is 1. The number of imide groups is 1. The van der Waals surface area contributed by atoms with E-state index in [9.17, 15) is 19.2 Å². The fraction of sp³-hybridized carbons (Fsp3) is 0.455. The maximum atomic E-state index is 12.6. The molecule has 1 aromatic carbocycles. The van der Waals surface area contributed by atoms with Crippen molar-refractivity contribution in [2.45, 2.75) is 57.6 Å². The highest BCUT2D eigenvalue weighted by Crippen LogP contribution is 2.35. The van der Waals surface area contributed by atoms with Gasteiger partial charge in [-0.2, -0.15) is 0 Å². The fourth-order valence-electron chi connectivity index (χ4n) is 4.24. The van der Waals surface area contributed by atoms with Gasteiger partial charge in [0.05, 0.1) is 6.42 Å². The van der Waals surface area contributed by atoms with Crippen LogP contribution in [0.25, 0.3) is 11.0 Å². The van der Waals surface area contributed by atoms with Crippen LogP contribution in [-0.2, 0) is 27.4 Å². The number of nitrogens with one attached hydrogen (secondary N) is 1. The van der Waals surface area contributed by atoms with Crippen LogP contribution in [0, 0.1) is 0 Å². The van der Waals surface area contributed by atoms with Crippen molar-refractivity contribution in [2.24, 2.45) is 0 Å². The first-order chi connectivity index (χ1) is 14.4. The van der Waals surface area contributed by atoms with Gasteiger partial charge in [-0.25, -0.2) is 9.59 Å². The Morgan fingerprint density at radius 3 is 2.70 bits per heavy atom. The van der Waals surface area contributed by atoms with Crippen LogP contribution in [0.2, 0.25) is 0 Å². The number of rotatable bonds is 6. The summed E-state index contributed by atoms with van der Waals surface area (Å²) in [7, 11) is 0. The summed E-state index contributed by atoms with van der Waals surface area (Å²) in [5.74, 6) is -0.800. The summed E-state index contributed by atoms with van der Waals surface area (Å²) in [6.45, 7) is 1.89. The summed E-state index contributed by atoms with van der Waals surface area (Å²) in [4.78, 5) is 50.0. The lowest BCUT2D eigenvalue weighted by molar-refractivity contribution is -0.145. The van der Waals surface area contributed by atoms with Crippen molar-refractivity contribution in [2.75, 3.05) is 6.54 Å². The molecule has 8 heteroatoms. The molecule has 2 aromatic rings. The molecule has 2 aliphatic rings. The summed E-state index contributed by atoms with van der Waals surface area (Å²) >= 11 is 0. The van der Waals surface area contributed by atoms with Gasteiger partial charge in [-0.3, -0.25) is 14.5 Å². The molecule has 1 aromatic heterocycles. The Bertz CT molecular complexity index is 1070. The number of hydrogen-bond donors (Lipinski definition) is 1. The maximum absolute atomic E-state index is 12.6. The van der Waals surface area contributed by atoms with Crippen molar-refractivity contribution in [1.29, 1.82) is 0 Å². The molecular weight excluding hydrogens is 388 g/mol. The van der Waals surface area contributed by atoms with Gasteiger partial charge in [-0.15, -0.1) is 0 Å². The summed E-state index contributed by atoms with van der Waals surface area (Å²) in [6.07, 6.45) is 3.79. The third kappa shape index (κ3) is 3.69. The first kappa shape index (κ1) is 20.1. The lowest BCUT2D eigenvalue weighted by Crippen LogP contribution is -2.44. The molecule has 158 valence electrons. The van der Waals surface area contributed by atoms with Gasteiger partial charge < -0.3 is 14.5 Å². The quantitative estimate of drug-likeness (QED) is 0.444. The van der Waals surface area contributed by atoms with Crippen molar-refractivity contribution in [3.05, 3.63) is 45.8 Å². The third-order valence-corrected chi connectivity index (χ3v) is 5.93. The van der Waals surface area contributed by atoms with E-state index in [1.54, 1.807) is 6.07 Å². The van der Waals surface area contributed by atoms with Gasteiger partial charge in [0, 0.05) is 23.6 Å². The average molecular weight is 412 g/mol. The van der Waals surface area contributed by atoms with E-state index in [-0.39, 0.29) is 25.5 Å². The van der Waals surface area contributed by atoms with E-state index in [4.69, 9.17) is 9.15 Å². The number of fused-ring (bicyclic) bond motifs is 1. The molecule has 2 heterocycles. The number of hydrogen-bond acceptors (Lipinski definition) is 6. The number of nitrogens with zero attached hydrogens (tertiary/aromatic N) is 1. The van der Waals surface area contributed by atoms with E-state index in [1.807, 2.05) is 19.1 Å². The summed E-state index contributed by atoms with van der Waals surface area (Å²) in [6, 6.07) is 6.44. The molecular formula is C22H24N2O6. The average Bonchev–Trinajstić information content (AvgIpc) is 3.29. The van der Waals surface area contributed by atoms with Crippen LogP contribution in [0.5, 0.6) is 0 Å². The highest BCUT2D eigenvalue weighted by Gasteiger charge is 2.52. The monoisotopic (exact) mass is 412 g/mol. The molecule has 0 radical (unpaired) electrons. The second-order valence-corrected chi connectivity index (χ2v) is 7.86. The molecule has 1 N–H and O–H groups in total. The summed E-state index contributed by atoms with van der Waals surface area (Å²) < 4.78 is 10.6. The van der Waals surface area contributed by atoms with E-state index in [1.165, 1.54) is 6.07 Å². The van der Waals surface area contributed by atoms with Crippen LogP contribution in [-0.4, -0.2) is 34.9 Å². The first-order valence-corrected chi connectivity index (χ1v) is 10.3. The van der Waals surface area contributed by atoms with E-state index in [2.05, 4.69) is 5.32 Å². The standard InChI is InChI=1S/C22H24N2O6/c1-2-14-5-6-16-15(12-19(26)30-17(16)11-14)13-29-18(25)7-10-24-20(27)22(23-21(24)28)8-3-4-9-22/h5-6,11-12H,2-4,7-10,13H2,1H3,(H,23,28). The molecule has 1 saturated heterocycles. The number of amides is 3. The summed E-state index contributed by atoms with van der Waals surface area (Å²) in [5.41, 5.74) is 0.748. The van der Waals surface area contributed by atoms with Gasteiger partial charge in [0.1, 0.15) is 17.7 Å². The molecule has 1 saturated carbocycles. The van der Waals surface area contributed by atoms with Crippen LogP contribution in [0.4, 0.5) is 4.79 Å². The molecule has 0 bridgehead atoms. The molecule has 30 heavy (non-hydrogen) atoms. The van der Waals surface area contributed by atoms with Crippen molar-refractivity contribution in [3.63, 3.8) is 0 Å². The van der Waals surface area contributed by atoms with E-state index in [0.717, 1.165) is 29.7 Å². The molecule has 1 aliphatic heterocycles. The Kier molecular flexibility index (Phi) is 5.32. The van der Waals surface area contributed by atoms with Crippen LogP contribution < -0.4 is 10.9 Å². The normalized spacial score (nSPS) is 17.7. The lowest BCUT2D eigenvalue weighted by Gasteiger charge is -2.19. The van der Waals surface area contributed by atoms with Gasteiger partial charge >= 0.3 is 17.6 Å². The van der Waals surface area contributed by atoms with Gasteiger partial charge in [0.25, 0.3) is 5.91 Å². The SMILES string of the molecule is CCc1ccc2c(COC(=O)CCN3C(=O)NC4(CCCC4)C3=O)cc(=O)oc2c1. The van der Waals surface area contributed by atoms with Gasteiger partial charge in [0.2, 0.25) is 0 Å². The van der Waals surface area contributed by atoms with E-state index in [0.29, 0.717) is 29.4 Å². The predicted molar refractivity (Wildman–Crippen MR) is 108 cm³/mol. The molecule has 1 spiro atoms. The smallest absolute Gasteiger partial charge is 0.336 e. The van der Waals surface area contributed by atoms with Crippen molar-refractivity contribution in [1.82, 2.24) is 10.2 Å². The molecule has 0 unspecified atom stereocenters. The summed E-state index contributed by atoms with van der Waals surface area (Å²) in [5, 5.41) is 3.49. The van der Waals surface area contributed by atoms with Crippen molar-refractivity contribution in [3.8, 4) is 0 Å². The number of esters is 1. The largest absolute Gasteiger partial charge is 0.461 e. The minimum absolute atomic E-state index is 0.0250. The maximum Gasteiger partial charge on any atom is 0.336 e. The van der Waals surface area contributed by atoms with Gasteiger partial charge in [-0.05, 0) is 30.9 Å². The number of urea groups is 1. The molecule has 0 atom stereocenters. The Morgan fingerprint density at radius 1 is 1.20 bits per heavy atom. The zero-order valence-electron chi connectivity index (χ0n) is 16.9. The minimum Gasteiger partial charge on any atom is -0.461 e. The zero-order chi connectivity index (χ0) is 21.3. The number of carbonyl (C=O) groups is 3. The van der Waals surface area contributed by atoms with Crippen LogP contribution in [0.15, 0.2) is 33.5 Å². The van der Waals surface area contributed by atoms with E-state index >= 15 is 0 Å². The predicted octanol–water partition coefficient (Wildman–Crippen LogP) is 2.65. The Morgan fingerprint density at radius 2 is 1.97 bits per heavy atom. The first-order valence-electron chi connectivity index (χ1n) is 10.3. The second kappa shape index (κ2) is 7.93. The van der Waals surface area contributed by atoms with Crippen LogP contribution >= 0.6 is 0 Å². The van der Waals surface area contributed by atoms with Gasteiger partial charge in [-0.1, -0.05) is 31.9 Å². The van der Waals surface area contributed by atoms with E-state index < -0.39 is 23.2 Å². The molecule has 2 fully saturated rings. The van der Waals surface area contributed by atoms with Crippen LogP contribution in [0.3, 0.4) is 0 Å². The van der Waals surface area contributed by atoms with Crippen molar-refractivity contribution < 1.29 is 23.5 Å². The van der Waals surface area contributed by atoms with Gasteiger partial charge in [0.15, 0.2) is 0 Å². The molecule has 4 rings (SSSR count). The highest BCUT2D eigenvalue weighted by atomic mass is 16.5. The Hall–Kier alpha value is -3.16. The minimum atomic E-state index is -0.782. The second-order valence-electron chi connectivity index (χ2n) is 7.86. The number of aryl methyl sites for hydroxylation is 1.